The first-order valence-corrected chi connectivity index (χ1v) is 8.04. The molecule has 1 atom stereocenters. The van der Waals surface area contributed by atoms with E-state index in [1.54, 1.807) is 6.26 Å². The zero-order chi connectivity index (χ0) is 14.9. The molecular weight excluding hydrogens is 256 g/mol. The number of unbranched alkanes of at least 4 members (excludes halogenated alkanes) is 1. The molecule has 0 aliphatic heterocycles. The van der Waals surface area contributed by atoms with Crippen LogP contribution in [-0.4, -0.2) is 0 Å². The summed E-state index contributed by atoms with van der Waals surface area (Å²) in [6, 6.07) is 14.8. The van der Waals surface area contributed by atoms with Gasteiger partial charge in [0.15, 0.2) is 0 Å². The van der Waals surface area contributed by atoms with Crippen LogP contribution < -0.4 is 0 Å². The molecule has 1 aromatic heterocycles. The summed E-state index contributed by atoms with van der Waals surface area (Å²) in [5.74, 6) is 1.64. The second kappa shape index (κ2) is 8.51. The zero-order valence-corrected chi connectivity index (χ0v) is 13.2. The normalized spacial score (nSPS) is 13.3. The predicted octanol–water partition coefficient (Wildman–Crippen LogP) is 6.13. The fraction of sp³-hybridized carbons (Fsp3) is 0.400. The second-order valence-electron chi connectivity index (χ2n) is 5.77. The molecule has 0 aliphatic rings. The third-order valence-corrected chi connectivity index (χ3v) is 3.96. The van der Waals surface area contributed by atoms with Crippen molar-refractivity contribution in [2.75, 3.05) is 0 Å². The number of hydrogen-bond acceptors (Lipinski definition) is 1. The Balaban J connectivity index is 1.98. The molecule has 0 radical (unpaired) electrons. The molecule has 0 saturated heterocycles. The van der Waals surface area contributed by atoms with Crippen LogP contribution in [0.25, 0.3) is 0 Å². The summed E-state index contributed by atoms with van der Waals surface area (Å²) in [5, 5.41) is 0. The lowest BCUT2D eigenvalue weighted by Gasteiger charge is -2.11. The van der Waals surface area contributed by atoms with Gasteiger partial charge in [-0.1, -0.05) is 62.2 Å². The molecule has 0 aliphatic carbocycles. The van der Waals surface area contributed by atoms with E-state index in [2.05, 4.69) is 56.3 Å². The van der Waals surface area contributed by atoms with Gasteiger partial charge in [-0.15, -0.1) is 0 Å². The molecule has 112 valence electrons. The van der Waals surface area contributed by atoms with Crippen LogP contribution in [0.2, 0.25) is 0 Å². The van der Waals surface area contributed by atoms with Crippen molar-refractivity contribution in [1.82, 2.24) is 0 Å². The molecule has 0 bridgehead atoms. The molecule has 0 amide bonds. The van der Waals surface area contributed by atoms with Gasteiger partial charge in [-0.3, -0.25) is 0 Å². The smallest absolute Gasteiger partial charge is 0.107 e. The van der Waals surface area contributed by atoms with E-state index in [-0.39, 0.29) is 0 Å². The van der Waals surface area contributed by atoms with Crippen LogP contribution in [0.1, 0.15) is 56.8 Å². The molecule has 0 fully saturated rings. The zero-order valence-electron chi connectivity index (χ0n) is 13.2. The summed E-state index contributed by atoms with van der Waals surface area (Å²) in [6.07, 6.45) is 9.92. The van der Waals surface area contributed by atoms with Crippen LogP contribution >= 0.6 is 0 Å². The lowest BCUT2D eigenvalue weighted by molar-refractivity contribution is 0.515. The van der Waals surface area contributed by atoms with Gasteiger partial charge >= 0.3 is 0 Å². The number of furan rings is 1. The molecule has 1 nitrogen and oxygen atoms in total. The van der Waals surface area contributed by atoms with Crippen molar-refractivity contribution < 1.29 is 4.42 Å². The van der Waals surface area contributed by atoms with Crippen LogP contribution in [-0.2, 0) is 6.42 Å². The maximum Gasteiger partial charge on any atom is 0.107 e. The topological polar surface area (TPSA) is 13.1 Å². The average molecular weight is 282 g/mol. The quantitative estimate of drug-likeness (QED) is 0.531. The van der Waals surface area contributed by atoms with Crippen LogP contribution in [0.15, 0.2) is 64.8 Å². The van der Waals surface area contributed by atoms with E-state index in [0.29, 0.717) is 5.92 Å². The van der Waals surface area contributed by atoms with E-state index in [1.807, 2.05) is 6.07 Å². The minimum atomic E-state index is 0.569. The Labute approximate surface area is 128 Å². The highest BCUT2D eigenvalue weighted by Gasteiger charge is 2.06. The summed E-state index contributed by atoms with van der Waals surface area (Å²) in [5.41, 5.74) is 2.93. The van der Waals surface area contributed by atoms with Gasteiger partial charge in [0.25, 0.3) is 0 Å². The Bertz CT molecular complexity index is 522. The van der Waals surface area contributed by atoms with E-state index < -0.39 is 0 Å². The number of allylic oxidation sites excluding steroid dienone is 2. The highest BCUT2D eigenvalue weighted by molar-refractivity contribution is 5.21. The molecule has 2 rings (SSSR count). The average Bonchev–Trinajstić information content (AvgIpc) is 3.03. The third kappa shape index (κ3) is 5.26. The number of rotatable bonds is 8. The first-order valence-electron chi connectivity index (χ1n) is 8.04. The first kappa shape index (κ1) is 15.6. The Morgan fingerprint density at radius 2 is 1.95 bits per heavy atom. The van der Waals surface area contributed by atoms with E-state index >= 15 is 0 Å². The van der Waals surface area contributed by atoms with Gasteiger partial charge in [0.1, 0.15) is 5.76 Å². The Morgan fingerprint density at radius 1 is 1.14 bits per heavy atom. The van der Waals surface area contributed by atoms with Crippen LogP contribution in [0, 0.1) is 0 Å². The summed E-state index contributed by atoms with van der Waals surface area (Å²) in [4.78, 5) is 0. The molecule has 0 saturated carbocycles. The van der Waals surface area contributed by atoms with Gasteiger partial charge in [-0.05, 0) is 42.9 Å². The Hall–Kier alpha value is -1.76. The molecule has 1 aromatic carbocycles. The molecule has 1 heteroatoms. The minimum Gasteiger partial charge on any atom is -0.469 e. The van der Waals surface area contributed by atoms with Crippen molar-refractivity contribution in [3.63, 3.8) is 0 Å². The highest BCUT2D eigenvalue weighted by Crippen LogP contribution is 2.22. The molecule has 21 heavy (non-hydrogen) atoms. The van der Waals surface area contributed by atoms with Gasteiger partial charge < -0.3 is 4.42 Å². The maximum absolute atomic E-state index is 5.49. The maximum atomic E-state index is 5.49. The molecule has 0 N–H and O–H groups in total. The first-order chi connectivity index (χ1) is 10.3. The molecule has 2 aromatic rings. The number of hydrogen-bond donors (Lipinski definition) is 0. The fourth-order valence-corrected chi connectivity index (χ4v) is 2.56. The van der Waals surface area contributed by atoms with Crippen molar-refractivity contribution in [3.8, 4) is 0 Å². The largest absolute Gasteiger partial charge is 0.469 e. The Kier molecular flexibility index (Phi) is 6.33. The van der Waals surface area contributed by atoms with Crippen molar-refractivity contribution in [1.29, 1.82) is 0 Å². The van der Waals surface area contributed by atoms with Crippen molar-refractivity contribution in [2.24, 2.45) is 0 Å². The van der Waals surface area contributed by atoms with Crippen molar-refractivity contribution in [2.45, 2.75) is 51.9 Å². The van der Waals surface area contributed by atoms with Gasteiger partial charge in [0.05, 0.1) is 6.26 Å². The summed E-state index contributed by atoms with van der Waals surface area (Å²) < 4.78 is 5.49. The van der Waals surface area contributed by atoms with Crippen LogP contribution in [0.5, 0.6) is 0 Å². The van der Waals surface area contributed by atoms with Gasteiger partial charge in [-0.2, -0.15) is 0 Å². The molecule has 0 spiro atoms. The second-order valence-corrected chi connectivity index (χ2v) is 5.77. The van der Waals surface area contributed by atoms with Crippen molar-refractivity contribution >= 4 is 0 Å². The minimum absolute atomic E-state index is 0.569. The van der Waals surface area contributed by atoms with Crippen LogP contribution in [0.4, 0.5) is 0 Å². The van der Waals surface area contributed by atoms with Gasteiger partial charge in [0.2, 0.25) is 0 Å². The fourth-order valence-electron chi connectivity index (χ4n) is 2.56. The summed E-state index contributed by atoms with van der Waals surface area (Å²) in [7, 11) is 0. The van der Waals surface area contributed by atoms with E-state index in [4.69, 9.17) is 4.42 Å². The Morgan fingerprint density at radius 3 is 2.62 bits per heavy atom. The molecule has 1 heterocycles. The predicted molar refractivity (Wildman–Crippen MR) is 89.5 cm³/mol. The molecule has 1 unspecified atom stereocenters. The lowest BCUT2D eigenvalue weighted by Crippen LogP contribution is -1.95. The monoisotopic (exact) mass is 282 g/mol. The van der Waals surface area contributed by atoms with Gasteiger partial charge in [0, 0.05) is 6.42 Å². The molecular formula is C20H26O. The van der Waals surface area contributed by atoms with Crippen LogP contribution in [0.3, 0.4) is 0 Å². The number of benzene rings is 1. The summed E-state index contributed by atoms with van der Waals surface area (Å²) >= 11 is 0. The summed E-state index contributed by atoms with van der Waals surface area (Å²) in [6.45, 7) is 4.55. The SMILES string of the molecule is CCCC/C(=C\CC(C)c1ccccc1)Cc1ccco1. The lowest BCUT2D eigenvalue weighted by atomic mass is 9.94. The van der Waals surface area contributed by atoms with E-state index in [0.717, 1.165) is 18.6 Å². The van der Waals surface area contributed by atoms with E-state index in [9.17, 15) is 0 Å². The van der Waals surface area contributed by atoms with E-state index in [1.165, 1.54) is 30.4 Å². The standard InChI is InChI=1S/C20H26O/c1-3-4-9-18(16-20-12-8-15-21-20)14-13-17(2)19-10-6-5-7-11-19/h5-8,10-12,14-15,17H,3-4,9,13,16H2,1-2H3/b18-14+. The highest BCUT2D eigenvalue weighted by atomic mass is 16.3. The van der Waals surface area contributed by atoms with Crippen molar-refractivity contribution in [3.05, 3.63) is 71.7 Å². The third-order valence-electron chi connectivity index (χ3n) is 3.96. The van der Waals surface area contributed by atoms with Gasteiger partial charge in [-0.25, -0.2) is 0 Å².